The quantitative estimate of drug-likeness (QED) is 0.770. The highest BCUT2D eigenvalue weighted by Gasteiger charge is 2.45. The van der Waals surface area contributed by atoms with Crippen LogP contribution in [-0.4, -0.2) is 42.8 Å². The smallest absolute Gasteiger partial charge is 0.0743 e. The summed E-state index contributed by atoms with van der Waals surface area (Å²) in [4.78, 5) is 2.43. The predicted molar refractivity (Wildman–Crippen MR) is 63.9 cm³/mol. The average molecular weight is 214 g/mol. The first-order chi connectivity index (χ1) is 6.95. The molecule has 1 saturated heterocycles. The van der Waals surface area contributed by atoms with Gasteiger partial charge in [-0.3, -0.25) is 4.90 Å². The highest BCUT2D eigenvalue weighted by Crippen LogP contribution is 2.33. The molecule has 3 nitrogen and oxygen atoms in total. The largest absolute Gasteiger partial charge is 0.376 e. The third-order valence-electron chi connectivity index (χ3n) is 4.29. The summed E-state index contributed by atoms with van der Waals surface area (Å²) in [7, 11) is 2.18. The maximum atomic E-state index is 5.98. The van der Waals surface area contributed by atoms with Crippen LogP contribution in [-0.2, 0) is 4.74 Å². The van der Waals surface area contributed by atoms with Crippen molar-refractivity contribution in [2.75, 3.05) is 20.2 Å². The molecule has 3 atom stereocenters. The van der Waals surface area contributed by atoms with Gasteiger partial charge in [-0.05, 0) is 33.2 Å². The Hall–Kier alpha value is -0.120. The van der Waals surface area contributed by atoms with Gasteiger partial charge in [0, 0.05) is 19.2 Å². The minimum Gasteiger partial charge on any atom is -0.376 e. The lowest BCUT2D eigenvalue weighted by molar-refractivity contribution is -0.0000207. The van der Waals surface area contributed by atoms with E-state index in [1.54, 1.807) is 0 Å². The van der Waals surface area contributed by atoms with Crippen LogP contribution in [0.4, 0.5) is 0 Å². The maximum Gasteiger partial charge on any atom is 0.0743 e. The average Bonchev–Trinajstić information content (AvgIpc) is 2.58. The first-order valence-electron chi connectivity index (χ1n) is 6.00. The van der Waals surface area contributed by atoms with E-state index in [1.165, 1.54) is 0 Å². The van der Waals surface area contributed by atoms with Crippen molar-refractivity contribution in [1.29, 1.82) is 0 Å². The number of hydrogen-bond donors (Lipinski definition) is 1. The topological polar surface area (TPSA) is 38.5 Å². The Kier molecular flexibility index (Phi) is 4.15. The zero-order valence-corrected chi connectivity index (χ0v) is 10.8. The Morgan fingerprint density at radius 2 is 2.07 bits per heavy atom. The van der Waals surface area contributed by atoms with Crippen LogP contribution in [0.25, 0.3) is 0 Å². The Morgan fingerprint density at radius 3 is 2.40 bits per heavy atom. The van der Waals surface area contributed by atoms with Gasteiger partial charge in [-0.25, -0.2) is 0 Å². The predicted octanol–water partition coefficient (Wildman–Crippen LogP) is 1.47. The number of rotatable bonds is 4. The Labute approximate surface area is 94.0 Å². The molecular weight excluding hydrogens is 188 g/mol. The van der Waals surface area contributed by atoms with Gasteiger partial charge in [-0.1, -0.05) is 13.8 Å². The van der Waals surface area contributed by atoms with E-state index in [1.807, 2.05) is 0 Å². The van der Waals surface area contributed by atoms with Crippen LogP contribution in [0.2, 0.25) is 0 Å². The Balaban J connectivity index is 2.81. The molecule has 1 fully saturated rings. The van der Waals surface area contributed by atoms with E-state index in [0.717, 1.165) is 13.0 Å². The molecule has 0 spiro atoms. The number of hydrogen-bond acceptors (Lipinski definition) is 3. The first-order valence-corrected chi connectivity index (χ1v) is 6.00. The lowest BCUT2D eigenvalue weighted by atomic mass is 9.87. The molecule has 3 heteroatoms. The van der Waals surface area contributed by atoms with Gasteiger partial charge in [-0.2, -0.15) is 0 Å². The molecule has 0 aromatic rings. The fourth-order valence-corrected chi connectivity index (χ4v) is 2.50. The van der Waals surface area contributed by atoms with Crippen molar-refractivity contribution in [2.24, 2.45) is 11.7 Å². The molecule has 0 aliphatic carbocycles. The van der Waals surface area contributed by atoms with Crippen LogP contribution < -0.4 is 5.73 Å². The van der Waals surface area contributed by atoms with Crippen LogP contribution in [0.3, 0.4) is 0 Å². The first kappa shape index (κ1) is 12.9. The van der Waals surface area contributed by atoms with E-state index in [2.05, 4.69) is 39.6 Å². The molecule has 1 aliphatic heterocycles. The fourth-order valence-electron chi connectivity index (χ4n) is 2.50. The maximum absolute atomic E-state index is 5.98. The molecule has 3 unspecified atom stereocenters. The molecule has 0 saturated carbocycles. The monoisotopic (exact) mass is 214 g/mol. The van der Waals surface area contributed by atoms with Crippen LogP contribution in [0.5, 0.6) is 0 Å². The highest BCUT2D eigenvalue weighted by atomic mass is 16.5. The Bertz CT molecular complexity index is 208. The minimum atomic E-state index is 0.0453. The molecule has 0 aromatic carbocycles. The van der Waals surface area contributed by atoms with E-state index < -0.39 is 0 Å². The van der Waals surface area contributed by atoms with Crippen molar-refractivity contribution in [3.63, 3.8) is 0 Å². The molecule has 0 radical (unpaired) electrons. The SMILES string of the molecule is CC(C)C(C)N(C)C1(CN)CCOC1C. The minimum absolute atomic E-state index is 0.0453. The summed E-state index contributed by atoms with van der Waals surface area (Å²) in [6.45, 7) is 10.4. The molecule has 15 heavy (non-hydrogen) atoms. The highest BCUT2D eigenvalue weighted by molar-refractivity contribution is 5.01. The normalized spacial score (nSPS) is 34.0. The van der Waals surface area contributed by atoms with E-state index >= 15 is 0 Å². The standard InChI is InChI=1S/C12H26N2O/c1-9(2)10(3)14(5)12(8-13)6-7-15-11(12)4/h9-11H,6-8,13H2,1-5H3. The molecule has 0 bridgehead atoms. The summed E-state index contributed by atoms with van der Waals surface area (Å²) in [5, 5.41) is 0. The van der Waals surface area contributed by atoms with Crippen molar-refractivity contribution in [3.05, 3.63) is 0 Å². The lowest BCUT2D eigenvalue weighted by Gasteiger charge is -2.45. The summed E-state index contributed by atoms with van der Waals surface area (Å²) in [5.74, 6) is 0.645. The molecule has 1 heterocycles. The van der Waals surface area contributed by atoms with E-state index in [9.17, 15) is 0 Å². The van der Waals surface area contributed by atoms with Crippen molar-refractivity contribution in [1.82, 2.24) is 4.90 Å². The molecular formula is C12H26N2O. The summed E-state index contributed by atoms with van der Waals surface area (Å²) in [5.41, 5.74) is 6.02. The number of nitrogens with zero attached hydrogens (tertiary/aromatic N) is 1. The summed E-state index contributed by atoms with van der Waals surface area (Å²) < 4.78 is 5.69. The molecule has 1 rings (SSSR count). The molecule has 0 aromatic heterocycles. The second-order valence-corrected chi connectivity index (χ2v) is 5.17. The summed E-state index contributed by atoms with van der Waals surface area (Å²) >= 11 is 0. The van der Waals surface area contributed by atoms with Gasteiger partial charge in [0.15, 0.2) is 0 Å². The number of nitrogens with two attached hydrogens (primary N) is 1. The van der Waals surface area contributed by atoms with Gasteiger partial charge < -0.3 is 10.5 Å². The zero-order valence-electron chi connectivity index (χ0n) is 10.8. The van der Waals surface area contributed by atoms with Gasteiger partial charge >= 0.3 is 0 Å². The van der Waals surface area contributed by atoms with Crippen molar-refractivity contribution < 1.29 is 4.74 Å². The fraction of sp³-hybridized carbons (Fsp3) is 1.00. The van der Waals surface area contributed by atoms with Gasteiger partial charge in [0.2, 0.25) is 0 Å². The van der Waals surface area contributed by atoms with Crippen LogP contribution in [0.1, 0.15) is 34.1 Å². The number of ether oxygens (including phenoxy) is 1. The van der Waals surface area contributed by atoms with Gasteiger partial charge in [0.1, 0.15) is 0 Å². The third kappa shape index (κ3) is 2.19. The van der Waals surface area contributed by atoms with Crippen molar-refractivity contribution in [3.8, 4) is 0 Å². The van der Waals surface area contributed by atoms with E-state index in [4.69, 9.17) is 10.5 Å². The van der Waals surface area contributed by atoms with Crippen molar-refractivity contribution >= 4 is 0 Å². The van der Waals surface area contributed by atoms with Crippen LogP contribution in [0, 0.1) is 5.92 Å². The van der Waals surface area contributed by atoms with Crippen molar-refractivity contribution in [2.45, 2.75) is 51.8 Å². The zero-order chi connectivity index (χ0) is 11.6. The second kappa shape index (κ2) is 4.81. The molecule has 2 N–H and O–H groups in total. The molecule has 0 amide bonds. The molecule has 1 aliphatic rings. The molecule has 90 valence electrons. The lowest BCUT2D eigenvalue weighted by Crippen LogP contribution is -2.60. The van der Waals surface area contributed by atoms with Gasteiger partial charge in [0.05, 0.1) is 11.6 Å². The van der Waals surface area contributed by atoms with Gasteiger partial charge in [0.25, 0.3) is 0 Å². The van der Waals surface area contributed by atoms with Crippen LogP contribution >= 0.6 is 0 Å². The summed E-state index contributed by atoms with van der Waals surface area (Å²) in [6.07, 6.45) is 1.30. The van der Waals surface area contributed by atoms with E-state index in [0.29, 0.717) is 18.5 Å². The Morgan fingerprint density at radius 1 is 1.47 bits per heavy atom. The van der Waals surface area contributed by atoms with Gasteiger partial charge in [-0.15, -0.1) is 0 Å². The second-order valence-electron chi connectivity index (χ2n) is 5.17. The van der Waals surface area contributed by atoms with Crippen LogP contribution in [0.15, 0.2) is 0 Å². The number of likely N-dealkylation sites (N-methyl/N-ethyl adjacent to an activating group) is 1. The third-order valence-corrected chi connectivity index (χ3v) is 4.29. The van der Waals surface area contributed by atoms with E-state index in [-0.39, 0.29) is 11.6 Å². The summed E-state index contributed by atoms with van der Waals surface area (Å²) in [6, 6.07) is 0.540.